The normalized spacial score (nSPS) is 14.2. The van der Waals surface area contributed by atoms with Crippen molar-refractivity contribution in [3.8, 4) is 0 Å². The topological polar surface area (TPSA) is 0 Å². The van der Waals surface area contributed by atoms with Gasteiger partial charge in [-0.3, -0.25) is 0 Å². The first-order chi connectivity index (χ1) is 23.4. The Morgan fingerprint density at radius 3 is 1.85 bits per heavy atom. The Balaban J connectivity index is 0.000000703. The van der Waals surface area contributed by atoms with E-state index in [-0.39, 0.29) is 38.5 Å². The van der Waals surface area contributed by atoms with Gasteiger partial charge in [-0.15, -0.1) is 0 Å². The van der Waals surface area contributed by atoms with Crippen molar-refractivity contribution in [2.24, 2.45) is 17.3 Å². The highest BCUT2D eigenvalue weighted by Gasteiger charge is 2.32. The van der Waals surface area contributed by atoms with Gasteiger partial charge in [-0.1, -0.05) is 206 Å². The molecule has 0 bridgehead atoms. The summed E-state index contributed by atoms with van der Waals surface area (Å²) < 4.78 is 0. The first-order valence-electron chi connectivity index (χ1n) is 19.4. The Labute approximate surface area is 330 Å². The van der Waals surface area contributed by atoms with E-state index in [0.717, 1.165) is 24.3 Å². The summed E-state index contributed by atoms with van der Waals surface area (Å²) in [6.07, 6.45) is 8.98. The third-order valence-corrected chi connectivity index (χ3v) is 11.9. The van der Waals surface area contributed by atoms with Gasteiger partial charge in [-0.25, -0.2) is 0 Å². The van der Waals surface area contributed by atoms with E-state index in [1.54, 1.807) is 5.56 Å². The number of benzene rings is 4. The van der Waals surface area contributed by atoms with Crippen LogP contribution >= 0.6 is 0 Å². The zero-order chi connectivity index (χ0) is 36.9. The lowest BCUT2D eigenvalue weighted by atomic mass is 9.69. The zero-order valence-corrected chi connectivity index (χ0v) is 33.9. The fraction of sp³-hybridized carbons (Fsp3) is 0.509. The molecule has 0 radical (unpaired) electrons. The van der Waals surface area contributed by atoms with Crippen LogP contribution in [0.4, 0.5) is 0 Å². The van der Waals surface area contributed by atoms with E-state index >= 15 is 0 Å². The van der Waals surface area contributed by atoms with Gasteiger partial charge >= 0.3 is 0 Å². The van der Waals surface area contributed by atoms with E-state index in [2.05, 4.69) is 175 Å². The van der Waals surface area contributed by atoms with Crippen LogP contribution in [-0.4, -0.2) is 0 Å². The highest BCUT2D eigenvalue weighted by molar-refractivity contribution is 5.63. The summed E-state index contributed by atoms with van der Waals surface area (Å²) in [5, 5.41) is 0. The summed E-state index contributed by atoms with van der Waals surface area (Å²) in [5.41, 5.74) is 15.8. The Morgan fingerprint density at radius 1 is 0.679 bits per heavy atom. The summed E-state index contributed by atoms with van der Waals surface area (Å²) in [6.45, 7) is 31.5. The number of rotatable bonds is 10. The second-order valence-corrected chi connectivity index (χ2v) is 18.1. The summed E-state index contributed by atoms with van der Waals surface area (Å²) in [6, 6.07) is 32.4. The maximum Gasteiger partial charge on any atom is 0.0215 e. The molecule has 0 amide bonds. The maximum absolute atomic E-state index is 3.98. The van der Waals surface area contributed by atoms with Gasteiger partial charge in [0, 0.05) is 5.41 Å². The molecule has 5 rings (SSSR count). The Kier molecular flexibility index (Phi) is 17.8. The lowest BCUT2D eigenvalue weighted by Crippen LogP contribution is -2.28. The van der Waals surface area contributed by atoms with Crippen LogP contribution in [0.1, 0.15) is 166 Å². The van der Waals surface area contributed by atoms with Crippen LogP contribution in [0.15, 0.2) is 91.5 Å². The fourth-order valence-corrected chi connectivity index (χ4v) is 7.84. The largest absolute Gasteiger partial charge is 0.0955 e. The monoisotopic (exact) mass is 717 g/mol. The van der Waals surface area contributed by atoms with Crippen molar-refractivity contribution in [3.05, 3.63) is 147 Å². The molecule has 4 aromatic carbocycles. The van der Waals surface area contributed by atoms with Crippen molar-refractivity contribution in [3.63, 3.8) is 0 Å². The minimum absolute atomic E-state index is 0. The SMILES string of the molecule is C.C.C.C=C(C)c1ccc(C)c(C(C)(C)C)c1.Cc1cc(CC(C)(C)C(C)C)cc(C(C)(Cc2ccccc2)c2ccc(C)c(CC3CCCC3)c2)c1. The van der Waals surface area contributed by atoms with E-state index in [1.807, 2.05) is 0 Å². The number of hydrogen-bond acceptors (Lipinski definition) is 0. The van der Waals surface area contributed by atoms with Gasteiger partial charge in [-0.05, 0) is 120 Å². The molecule has 0 nitrogen and oxygen atoms in total. The molecule has 1 atom stereocenters. The first kappa shape index (κ1) is 47.6. The molecule has 0 heterocycles. The smallest absolute Gasteiger partial charge is 0.0215 e. The third-order valence-electron chi connectivity index (χ3n) is 11.9. The van der Waals surface area contributed by atoms with E-state index in [9.17, 15) is 0 Å². The molecule has 0 spiro atoms. The number of hydrogen-bond donors (Lipinski definition) is 0. The molecule has 4 aromatic rings. The highest BCUT2D eigenvalue weighted by atomic mass is 14.4. The second-order valence-electron chi connectivity index (χ2n) is 18.1. The molecule has 0 heteroatoms. The third kappa shape index (κ3) is 12.6. The summed E-state index contributed by atoms with van der Waals surface area (Å²) >= 11 is 0. The van der Waals surface area contributed by atoms with Crippen molar-refractivity contribution >= 4 is 5.57 Å². The predicted molar refractivity (Wildman–Crippen MR) is 242 cm³/mol. The van der Waals surface area contributed by atoms with Gasteiger partial charge in [0.25, 0.3) is 0 Å². The molecular weight excluding hydrogens is 637 g/mol. The van der Waals surface area contributed by atoms with Crippen molar-refractivity contribution in [1.82, 2.24) is 0 Å². The molecule has 53 heavy (non-hydrogen) atoms. The Morgan fingerprint density at radius 2 is 1.28 bits per heavy atom. The predicted octanol–water partition coefficient (Wildman–Crippen LogP) is 16.0. The van der Waals surface area contributed by atoms with Gasteiger partial charge in [0.15, 0.2) is 0 Å². The number of aryl methyl sites for hydroxylation is 3. The highest BCUT2D eigenvalue weighted by Crippen LogP contribution is 2.40. The molecule has 1 aliphatic rings. The molecule has 0 N–H and O–H groups in total. The molecule has 0 aliphatic heterocycles. The minimum atomic E-state index is -0.0811. The van der Waals surface area contributed by atoms with Crippen molar-refractivity contribution in [2.75, 3.05) is 0 Å². The molecular formula is C53H80. The zero-order valence-electron chi connectivity index (χ0n) is 33.9. The number of allylic oxidation sites excluding steroid dienone is 1. The van der Waals surface area contributed by atoms with Gasteiger partial charge < -0.3 is 0 Å². The van der Waals surface area contributed by atoms with Crippen molar-refractivity contribution in [2.45, 2.75) is 161 Å². The van der Waals surface area contributed by atoms with Crippen molar-refractivity contribution in [1.29, 1.82) is 0 Å². The van der Waals surface area contributed by atoms with Gasteiger partial charge in [0.2, 0.25) is 0 Å². The molecule has 1 unspecified atom stereocenters. The lowest BCUT2D eigenvalue weighted by molar-refractivity contribution is 0.248. The average molecular weight is 717 g/mol. The standard InChI is InChI=1S/C36H48.C14H20.3CH4/c1-26(2)35(5,6)24-31-19-27(3)20-34(22-31)36(7,25-30-15-9-8-10-16-30)33-18-17-28(4)32(23-33)21-29-13-11-12-14-29;1-10(2)12-8-7-11(3)13(9-12)14(4,5)6;;;/h8-10,15-20,22-23,26,29H,11-14,21,24-25H2,1-7H3;7-9H,1H2,2-6H3;3*1H4. The molecule has 0 saturated heterocycles. The Bertz CT molecular complexity index is 1720. The van der Waals surface area contributed by atoms with Gasteiger partial charge in [0.05, 0.1) is 0 Å². The molecule has 1 aliphatic carbocycles. The first-order valence-corrected chi connectivity index (χ1v) is 19.4. The van der Waals surface area contributed by atoms with E-state index < -0.39 is 0 Å². The molecule has 292 valence electrons. The van der Waals surface area contributed by atoms with Crippen LogP contribution in [0.2, 0.25) is 0 Å². The average Bonchev–Trinajstić information content (AvgIpc) is 3.55. The van der Waals surface area contributed by atoms with Crippen LogP contribution in [-0.2, 0) is 30.1 Å². The molecule has 1 saturated carbocycles. The van der Waals surface area contributed by atoms with Crippen LogP contribution < -0.4 is 0 Å². The van der Waals surface area contributed by atoms with Crippen molar-refractivity contribution < 1.29 is 0 Å². The quantitative estimate of drug-likeness (QED) is 0.153. The second kappa shape index (κ2) is 19.8. The Hall–Kier alpha value is -3.38. The summed E-state index contributed by atoms with van der Waals surface area (Å²) in [4.78, 5) is 0. The molecule has 1 fully saturated rings. The summed E-state index contributed by atoms with van der Waals surface area (Å²) in [7, 11) is 0. The van der Waals surface area contributed by atoms with Crippen LogP contribution in [0, 0.1) is 38.0 Å². The van der Waals surface area contributed by atoms with Crippen LogP contribution in [0.3, 0.4) is 0 Å². The van der Waals surface area contributed by atoms with Crippen LogP contribution in [0.25, 0.3) is 5.57 Å². The lowest BCUT2D eigenvalue weighted by Gasteiger charge is -2.34. The van der Waals surface area contributed by atoms with E-state index in [0.29, 0.717) is 5.92 Å². The summed E-state index contributed by atoms with van der Waals surface area (Å²) in [5.74, 6) is 1.51. The van der Waals surface area contributed by atoms with E-state index in [4.69, 9.17) is 0 Å². The fourth-order valence-electron chi connectivity index (χ4n) is 7.84. The van der Waals surface area contributed by atoms with Gasteiger partial charge in [-0.2, -0.15) is 0 Å². The van der Waals surface area contributed by atoms with Gasteiger partial charge in [0.1, 0.15) is 0 Å². The van der Waals surface area contributed by atoms with E-state index in [1.165, 1.54) is 82.2 Å². The molecule has 0 aromatic heterocycles. The van der Waals surface area contributed by atoms with Crippen LogP contribution in [0.5, 0.6) is 0 Å². The minimum Gasteiger partial charge on any atom is -0.0955 e. The maximum atomic E-state index is 3.98.